The molecule has 0 saturated heterocycles. The summed E-state index contributed by atoms with van der Waals surface area (Å²) in [5.74, 6) is -0.219. The summed E-state index contributed by atoms with van der Waals surface area (Å²) < 4.78 is 41.4. The van der Waals surface area contributed by atoms with Gasteiger partial charge in [-0.25, -0.2) is 4.98 Å². The average Bonchev–Trinajstić information content (AvgIpc) is 3.24. The van der Waals surface area contributed by atoms with Gasteiger partial charge in [-0.3, -0.25) is 0 Å². The number of hydrogen-bond acceptors (Lipinski definition) is 3. The van der Waals surface area contributed by atoms with Crippen LogP contribution >= 0.6 is 0 Å². The highest BCUT2D eigenvalue weighted by Crippen LogP contribution is 2.35. The van der Waals surface area contributed by atoms with Crippen molar-refractivity contribution in [3.05, 3.63) is 66.2 Å². The highest BCUT2D eigenvalue weighted by Gasteiger charge is 2.31. The standard InChI is InChI=1S/C19H16F3N3O/c20-19(21,22)26-17-3-1-2-14(8-17)15-5-4-13-6-7-25(18(13)9-15)11-16-10-23-12-24-16/h1-5,8-10,12H,6-7,11H2,(H,23,24). The number of imidazole rings is 1. The Morgan fingerprint density at radius 2 is 1.96 bits per heavy atom. The number of nitrogens with zero attached hydrogens (tertiary/aromatic N) is 2. The zero-order valence-corrected chi connectivity index (χ0v) is 13.8. The smallest absolute Gasteiger partial charge is 0.406 e. The van der Waals surface area contributed by atoms with Crippen molar-refractivity contribution in [1.29, 1.82) is 0 Å². The second-order valence-corrected chi connectivity index (χ2v) is 6.15. The third-order valence-corrected chi connectivity index (χ3v) is 4.39. The molecule has 0 fully saturated rings. The first-order chi connectivity index (χ1) is 12.5. The lowest BCUT2D eigenvalue weighted by Gasteiger charge is -2.19. The lowest BCUT2D eigenvalue weighted by atomic mass is 10.0. The number of H-pyrrole nitrogens is 1. The summed E-state index contributed by atoms with van der Waals surface area (Å²) in [4.78, 5) is 9.43. The maximum absolute atomic E-state index is 12.4. The van der Waals surface area contributed by atoms with E-state index in [0.29, 0.717) is 12.1 Å². The van der Waals surface area contributed by atoms with Crippen LogP contribution in [0.15, 0.2) is 55.0 Å². The van der Waals surface area contributed by atoms with Gasteiger partial charge >= 0.3 is 6.36 Å². The van der Waals surface area contributed by atoms with Crippen molar-refractivity contribution in [2.24, 2.45) is 0 Å². The van der Waals surface area contributed by atoms with E-state index >= 15 is 0 Å². The van der Waals surface area contributed by atoms with Gasteiger partial charge < -0.3 is 14.6 Å². The third-order valence-electron chi connectivity index (χ3n) is 4.39. The topological polar surface area (TPSA) is 41.1 Å². The molecule has 0 aliphatic carbocycles. The highest BCUT2D eigenvalue weighted by molar-refractivity contribution is 5.73. The predicted molar refractivity (Wildman–Crippen MR) is 91.9 cm³/mol. The number of hydrogen-bond donors (Lipinski definition) is 1. The molecule has 4 rings (SSSR count). The van der Waals surface area contributed by atoms with E-state index in [-0.39, 0.29) is 5.75 Å². The first-order valence-corrected chi connectivity index (χ1v) is 8.20. The summed E-state index contributed by atoms with van der Waals surface area (Å²) in [6.07, 6.45) is -0.247. The van der Waals surface area contributed by atoms with Crippen LogP contribution in [-0.4, -0.2) is 22.9 Å². The quantitative estimate of drug-likeness (QED) is 0.744. The van der Waals surface area contributed by atoms with Gasteiger partial charge in [0, 0.05) is 18.4 Å². The molecule has 4 nitrogen and oxygen atoms in total. The molecule has 1 N–H and O–H groups in total. The van der Waals surface area contributed by atoms with Gasteiger partial charge in [-0.1, -0.05) is 24.3 Å². The Hall–Kier alpha value is -2.96. The molecule has 2 heterocycles. The maximum atomic E-state index is 12.4. The number of rotatable bonds is 4. The zero-order valence-electron chi connectivity index (χ0n) is 13.8. The van der Waals surface area contributed by atoms with Crippen molar-refractivity contribution in [3.63, 3.8) is 0 Å². The first kappa shape index (κ1) is 16.5. The normalized spacial score (nSPS) is 13.7. The Kier molecular flexibility index (Phi) is 4.06. The number of aromatic nitrogens is 2. The van der Waals surface area contributed by atoms with Crippen LogP contribution in [0.5, 0.6) is 5.75 Å². The van der Waals surface area contributed by atoms with E-state index in [2.05, 4.69) is 19.6 Å². The van der Waals surface area contributed by atoms with E-state index in [1.165, 1.54) is 17.7 Å². The lowest BCUT2D eigenvalue weighted by Crippen LogP contribution is -2.19. The zero-order chi connectivity index (χ0) is 18.1. The summed E-state index contributed by atoms with van der Waals surface area (Å²) in [6.45, 7) is 1.58. The largest absolute Gasteiger partial charge is 0.573 e. The Morgan fingerprint density at radius 1 is 1.12 bits per heavy atom. The number of anilines is 1. The van der Waals surface area contributed by atoms with Crippen LogP contribution in [0.3, 0.4) is 0 Å². The molecule has 3 aromatic rings. The minimum absolute atomic E-state index is 0.219. The Labute approximate surface area is 148 Å². The molecule has 0 amide bonds. The van der Waals surface area contributed by atoms with E-state index in [0.717, 1.165) is 29.9 Å². The van der Waals surface area contributed by atoms with E-state index in [9.17, 15) is 13.2 Å². The van der Waals surface area contributed by atoms with Crippen molar-refractivity contribution in [1.82, 2.24) is 9.97 Å². The second-order valence-electron chi connectivity index (χ2n) is 6.15. The molecule has 0 unspecified atom stereocenters. The monoisotopic (exact) mass is 359 g/mol. The summed E-state index contributed by atoms with van der Waals surface area (Å²) >= 11 is 0. The van der Waals surface area contributed by atoms with Gasteiger partial charge in [-0.05, 0) is 41.3 Å². The van der Waals surface area contributed by atoms with Crippen LogP contribution in [-0.2, 0) is 13.0 Å². The molecule has 7 heteroatoms. The fourth-order valence-corrected chi connectivity index (χ4v) is 3.23. The summed E-state index contributed by atoms with van der Waals surface area (Å²) in [7, 11) is 0. The minimum atomic E-state index is -4.70. The predicted octanol–water partition coefficient (Wildman–Crippen LogP) is 4.54. The maximum Gasteiger partial charge on any atom is 0.573 e. The number of nitrogens with one attached hydrogen (secondary N) is 1. The van der Waals surface area contributed by atoms with Crippen LogP contribution in [0.4, 0.5) is 18.9 Å². The van der Waals surface area contributed by atoms with E-state index < -0.39 is 6.36 Å². The molecule has 0 spiro atoms. The van der Waals surface area contributed by atoms with Gasteiger partial charge in [0.25, 0.3) is 0 Å². The highest BCUT2D eigenvalue weighted by atomic mass is 19.4. The molecule has 0 atom stereocenters. The van der Waals surface area contributed by atoms with Crippen LogP contribution in [0, 0.1) is 0 Å². The lowest BCUT2D eigenvalue weighted by molar-refractivity contribution is -0.274. The van der Waals surface area contributed by atoms with Crippen LogP contribution < -0.4 is 9.64 Å². The van der Waals surface area contributed by atoms with E-state index in [1.54, 1.807) is 18.5 Å². The van der Waals surface area contributed by atoms with Gasteiger partial charge in [0.2, 0.25) is 0 Å². The van der Waals surface area contributed by atoms with Gasteiger partial charge in [-0.2, -0.15) is 0 Å². The van der Waals surface area contributed by atoms with Gasteiger partial charge in [0.1, 0.15) is 5.75 Å². The summed E-state index contributed by atoms with van der Waals surface area (Å²) in [5, 5.41) is 0. The molecule has 26 heavy (non-hydrogen) atoms. The number of ether oxygens (including phenoxy) is 1. The molecular formula is C19H16F3N3O. The molecule has 1 aromatic heterocycles. The van der Waals surface area contributed by atoms with Crippen molar-refractivity contribution in [2.45, 2.75) is 19.3 Å². The van der Waals surface area contributed by atoms with Crippen molar-refractivity contribution in [3.8, 4) is 16.9 Å². The average molecular weight is 359 g/mol. The van der Waals surface area contributed by atoms with Crippen molar-refractivity contribution < 1.29 is 17.9 Å². The second kappa shape index (κ2) is 6.40. The number of fused-ring (bicyclic) bond motifs is 1. The molecule has 1 aliphatic heterocycles. The fourth-order valence-electron chi connectivity index (χ4n) is 3.23. The Bertz CT molecular complexity index is 907. The van der Waals surface area contributed by atoms with Gasteiger partial charge in [0.15, 0.2) is 0 Å². The number of alkyl halides is 3. The van der Waals surface area contributed by atoms with Crippen LogP contribution in [0.1, 0.15) is 11.3 Å². The van der Waals surface area contributed by atoms with E-state index in [4.69, 9.17) is 0 Å². The number of benzene rings is 2. The third kappa shape index (κ3) is 3.51. The fraction of sp³-hybridized carbons (Fsp3) is 0.211. The van der Waals surface area contributed by atoms with Crippen molar-refractivity contribution >= 4 is 5.69 Å². The summed E-state index contributed by atoms with van der Waals surface area (Å²) in [6, 6.07) is 12.0. The molecular weight excluding hydrogens is 343 g/mol. The Balaban J connectivity index is 1.62. The molecule has 0 saturated carbocycles. The van der Waals surface area contributed by atoms with Gasteiger partial charge in [-0.15, -0.1) is 13.2 Å². The summed E-state index contributed by atoms with van der Waals surface area (Å²) in [5.41, 5.74) is 4.80. The molecule has 2 aromatic carbocycles. The first-order valence-electron chi connectivity index (χ1n) is 8.20. The minimum Gasteiger partial charge on any atom is -0.406 e. The number of aromatic amines is 1. The number of halogens is 3. The van der Waals surface area contributed by atoms with Crippen LogP contribution in [0.2, 0.25) is 0 Å². The van der Waals surface area contributed by atoms with Crippen molar-refractivity contribution in [2.75, 3.05) is 11.4 Å². The SMILES string of the molecule is FC(F)(F)Oc1cccc(-c2ccc3c(c2)N(Cc2c[nH]cn2)CC3)c1. The van der Waals surface area contributed by atoms with Crippen LogP contribution in [0.25, 0.3) is 11.1 Å². The molecule has 0 radical (unpaired) electrons. The molecule has 1 aliphatic rings. The molecule has 0 bridgehead atoms. The molecule has 134 valence electrons. The van der Waals surface area contributed by atoms with Gasteiger partial charge in [0.05, 0.1) is 18.6 Å². The van der Waals surface area contributed by atoms with E-state index in [1.807, 2.05) is 24.4 Å². The Morgan fingerprint density at radius 3 is 2.73 bits per heavy atom.